The summed E-state index contributed by atoms with van der Waals surface area (Å²) in [4.78, 5) is 23.7. The zero-order chi connectivity index (χ0) is 46.4. The van der Waals surface area contributed by atoms with Crippen molar-refractivity contribution in [3.8, 4) is 0 Å². The van der Waals surface area contributed by atoms with Gasteiger partial charge >= 0.3 is 0 Å². The molecule has 0 saturated carbocycles. The Kier molecular flexibility index (Phi) is 49.0. The smallest absolute Gasteiger partial charge is 0.219 e. The summed E-state index contributed by atoms with van der Waals surface area (Å²) in [5, 5.41) is 6.16. The van der Waals surface area contributed by atoms with Crippen molar-refractivity contribution in [3.63, 3.8) is 0 Å². The lowest BCUT2D eigenvalue weighted by Gasteiger charge is -2.28. The number of hydrogen-bond acceptors (Lipinski definition) is 6. The summed E-state index contributed by atoms with van der Waals surface area (Å²) in [6.45, 7) is 15.2. The first-order chi connectivity index (χ1) is 29.0. The monoisotopic (exact) mass is 891 g/mol. The van der Waals surface area contributed by atoms with E-state index in [0.717, 1.165) is 73.9 Å². The molecule has 0 heterocycles. The van der Waals surface area contributed by atoms with E-state index in [1.165, 1.54) is 180 Å². The number of rotatable bonds is 42. The summed E-state index contributed by atoms with van der Waals surface area (Å²) in [6.07, 6.45) is 44.7. The molecular weight excluding hydrogens is 785 g/mol. The molecule has 0 aromatic heterocycles. The summed E-state index contributed by atoms with van der Waals surface area (Å²) in [5.41, 5.74) is 0. The summed E-state index contributed by atoms with van der Waals surface area (Å²) < 4.78 is 36.2. The molecule has 61 heavy (non-hydrogen) atoms. The maximum Gasteiger partial charge on any atom is 0.219 e. The third kappa shape index (κ3) is 63.1. The Hall–Kier alpha value is -1.27. The summed E-state index contributed by atoms with van der Waals surface area (Å²) in [5.74, 6) is 0.494. The Bertz CT molecular complexity index is 967. The second-order valence-corrected chi connectivity index (χ2v) is 20.0. The molecule has 0 aromatic rings. The highest BCUT2D eigenvalue weighted by atomic mass is 32.3. The average Bonchev–Trinajstić information content (AvgIpc) is 3.20. The molecule has 0 unspecified atom stereocenters. The minimum Gasteiger partial charge on any atom is -0.759 e. The molecular formula is C50H106N4O6S. The van der Waals surface area contributed by atoms with E-state index in [1.54, 1.807) is 0 Å². The minimum atomic E-state index is -5.17. The van der Waals surface area contributed by atoms with Gasteiger partial charge in [0.2, 0.25) is 11.8 Å². The van der Waals surface area contributed by atoms with Gasteiger partial charge in [0, 0.05) is 49.2 Å². The van der Waals surface area contributed by atoms with Gasteiger partial charge in [-0.25, -0.2) is 0 Å². The Morgan fingerprint density at radius 1 is 0.377 bits per heavy atom. The molecule has 0 spiro atoms. The van der Waals surface area contributed by atoms with Crippen molar-refractivity contribution in [1.29, 1.82) is 0 Å². The number of nitrogens with zero attached hydrogens (tertiary/aromatic N) is 2. The maximum absolute atomic E-state index is 11.9. The van der Waals surface area contributed by atoms with Crippen molar-refractivity contribution >= 4 is 22.2 Å². The molecule has 10 nitrogen and oxygen atoms in total. The van der Waals surface area contributed by atoms with Crippen LogP contribution >= 0.6 is 0 Å². The van der Waals surface area contributed by atoms with Crippen LogP contribution in [0.2, 0.25) is 0 Å². The number of nitrogens with one attached hydrogen (secondary N) is 2. The van der Waals surface area contributed by atoms with Gasteiger partial charge in [-0.05, 0) is 26.7 Å². The molecule has 0 aromatic carbocycles. The lowest BCUT2D eigenvalue weighted by molar-refractivity contribution is -0.888. The molecule has 0 radical (unpaired) electrons. The van der Waals surface area contributed by atoms with E-state index in [0.29, 0.717) is 12.8 Å². The fourth-order valence-electron chi connectivity index (χ4n) is 7.28. The van der Waals surface area contributed by atoms with Gasteiger partial charge in [-0.3, -0.25) is 18.0 Å². The fourth-order valence-corrected chi connectivity index (χ4v) is 7.28. The van der Waals surface area contributed by atoms with E-state index in [9.17, 15) is 9.59 Å². The molecule has 0 rings (SSSR count). The van der Waals surface area contributed by atoms with E-state index >= 15 is 0 Å². The van der Waals surface area contributed by atoms with E-state index < -0.39 is 10.4 Å². The number of carbonyl (C=O) groups is 2. The normalized spacial score (nSPS) is 11.7. The van der Waals surface area contributed by atoms with Gasteiger partial charge in [0.1, 0.15) is 0 Å². The van der Waals surface area contributed by atoms with Crippen molar-refractivity contribution in [2.24, 2.45) is 0 Å². The van der Waals surface area contributed by atoms with Gasteiger partial charge < -0.3 is 28.7 Å². The maximum atomic E-state index is 11.9. The molecule has 0 bridgehead atoms. The van der Waals surface area contributed by atoms with Crippen LogP contribution in [0.1, 0.15) is 246 Å². The summed E-state index contributed by atoms with van der Waals surface area (Å²) >= 11 is 0. The van der Waals surface area contributed by atoms with Crippen LogP contribution in [0.4, 0.5) is 0 Å². The number of quaternary nitrogens is 2. The third-order valence-electron chi connectivity index (χ3n) is 12.3. The van der Waals surface area contributed by atoms with Crippen LogP contribution in [0.5, 0.6) is 0 Å². The molecule has 2 N–H and O–H groups in total. The quantitative estimate of drug-likeness (QED) is 0.0271. The Balaban J connectivity index is -0.000000991. The Morgan fingerprint density at radius 3 is 0.770 bits per heavy atom. The van der Waals surface area contributed by atoms with Crippen molar-refractivity contribution in [2.75, 3.05) is 67.5 Å². The molecule has 0 atom stereocenters. The number of amides is 2. The van der Waals surface area contributed by atoms with Crippen LogP contribution in [0.25, 0.3) is 0 Å². The zero-order valence-corrected chi connectivity index (χ0v) is 42.9. The SMILES string of the molecule is CCCCCCCCCCCCCCCCCC(=O)NCCC[N+](C)(C)CC.CCCCCCCCCCCCCCCCCC(=O)NCCC[N+](C)(C)CC.O=S(=O)([O-])[O-]. The van der Waals surface area contributed by atoms with Crippen LogP contribution in [-0.4, -0.2) is 106 Å². The van der Waals surface area contributed by atoms with Gasteiger partial charge in [-0.2, -0.15) is 0 Å². The van der Waals surface area contributed by atoms with Crippen molar-refractivity contribution in [3.05, 3.63) is 0 Å². The first-order valence-corrected chi connectivity index (χ1v) is 27.2. The Labute approximate surface area is 381 Å². The number of hydrogen-bond donors (Lipinski definition) is 2. The minimum absolute atomic E-state index is 0.247. The second kappa shape index (κ2) is 46.7. The van der Waals surface area contributed by atoms with Crippen LogP contribution in [0, 0.1) is 0 Å². The fraction of sp³-hybridized carbons (Fsp3) is 0.960. The first-order valence-electron chi connectivity index (χ1n) is 25.9. The van der Waals surface area contributed by atoms with E-state index in [1.807, 2.05) is 0 Å². The topological polar surface area (TPSA) is 138 Å². The van der Waals surface area contributed by atoms with Crippen LogP contribution in [0.15, 0.2) is 0 Å². The predicted molar refractivity (Wildman–Crippen MR) is 260 cm³/mol. The highest BCUT2D eigenvalue weighted by Crippen LogP contribution is 2.15. The van der Waals surface area contributed by atoms with Gasteiger partial charge in [0.05, 0.1) is 54.4 Å². The molecule has 0 aliphatic rings. The van der Waals surface area contributed by atoms with Crippen molar-refractivity contribution in [1.82, 2.24) is 10.6 Å². The van der Waals surface area contributed by atoms with Crippen LogP contribution in [-0.2, 0) is 20.0 Å². The lowest BCUT2D eigenvalue weighted by Crippen LogP contribution is -2.41. The third-order valence-corrected chi connectivity index (χ3v) is 12.3. The lowest BCUT2D eigenvalue weighted by atomic mass is 10.0. The first kappa shape index (κ1) is 64.0. The van der Waals surface area contributed by atoms with E-state index in [-0.39, 0.29) is 11.8 Å². The van der Waals surface area contributed by atoms with Gasteiger partial charge in [0.15, 0.2) is 0 Å². The largest absolute Gasteiger partial charge is 0.759 e. The van der Waals surface area contributed by atoms with E-state index in [4.69, 9.17) is 17.5 Å². The van der Waals surface area contributed by atoms with Crippen molar-refractivity contribution in [2.45, 2.75) is 246 Å². The molecule has 0 saturated heterocycles. The standard InChI is InChI=1S/2C25H52N2O.H2O4S/c2*1-5-7-8-9-10-11-12-13-14-15-16-17-18-19-20-22-25(28)26-23-21-24-27(3,4)6-2;1-5(2,3)4/h2*5-24H2,1-4H3;(H2,1,2,3,4). The zero-order valence-electron chi connectivity index (χ0n) is 42.0. The second-order valence-electron chi connectivity index (χ2n) is 19.2. The Morgan fingerprint density at radius 2 is 0.574 bits per heavy atom. The highest BCUT2D eigenvalue weighted by Gasteiger charge is 2.12. The number of unbranched alkanes of at least 4 members (excludes halogenated alkanes) is 28. The van der Waals surface area contributed by atoms with E-state index in [2.05, 4.69) is 66.5 Å². The highest BCUT2D eigenvalue weighted by molar-refractivity contribution is 7.79. The average molecular weight is 891 g/mol. The van der Waals surface area contributed by atoms with Crippen molar-refractivity contribution < 1.29 is 36.1 Å². The molecule has 0 fully saturated rings. The molecule has 2 amide bonds. The number of carbonyl (C=O) groups excluding carboxylic acids is 2. The summed E-state index contributed by atoms with van der Waals surface area (Å²) in [6, 6.07) is 0. The van der Waals surface area contributed by atoms with Gasteiger partial charge in [0.25, 0.3) is 0 Å². The predicted octanol–water partition coefficient (Wildman–Crippen LogP) is 12.4. The molecule has 368 valence electrons. The molecule has 0 aliphatic heterocycles. The van der Waals surface area contributed by atoms with Gasteiger partial charge in [-0.15, -0.1) is 0 Å². The van der Waals surface area contributed by atoms with Crippen LogP contribution < -0.4 is 10.6 Å². The van der Waals surface area contributed by atoms with Gasteiger partial charge in [-0.1, -0.05) is 194 Å². The summed E-state index contributed by atoms with van der Waals surface area (Å²) in [7, 11) is 3.82. The molecule has 11 heteroatoms. The van der Waals surface area contributed by atoms with Crippen LogP contribution in [0.3, 0.4) is 0 Å². The molecule has 0 aliphatic carbocycles.